The summed E-state index contributed by atoms with van der Waals surface area (Å²) < 4.78 is 70.7. The summed E-state index contributed by atoms with van der Waals surface area (Å²) in [5, 5.41) is 1.90. The number of amides is 1. The van der Waals surface area contributed by atoms with E-state index < -0.39 is 53.4 Å². The maximum Gasteiger partial charge on any atom is 0.307 e. The molecule has 1 heterocycles. The smallest absolute Gasteiger partial charge is 0.307 e. The number of nitrogens with one attached hydrogen (secondary N) is 1. The van der Waals surface area contributed by atoms with Crippen molar-refractivity contribution in [3.05, 3.63) is 52.6 Å². The number of hydrogen-bond acceptors (Lipinski definition) is 6. The Kier molecular flexibility index (Phi) is 7.98. The molecule has 0 saturated carbocycles. The Bertz CT molecular complexity index is 1070. The maximum absolute atomic E-state index is 14.0. The van der Waals surface area contributed by atoms with Crippen LogP contribution in [0.2, 0.25) is 0 Å². The molecule has 0 radical (unpaired) electrons. The lowest BCUT2D eigenvalue weighted by Gasteiger charge is -2.37. The number of halogens is 4. The van der Waals surface area contributed by atoms with Crippen LogP contribution in [0.3, 0.4) is 0 Å². The Labute approximate surface area is 193 Å². The third kappa shape index (κ3) is 5.24. The average Bonchev–Trinajstić information content (AvgIpc) is 2.81. The first kappa shape index (κ1) is 25.3. The lowest BCUT2D eigenvalue weighted by atomic mass is 9.90. The van der Waals surface area contributed by atoms with E-state index in [9.17, 15) is 27.2 Å². The summed E-state index contributed by atoms with van der Waals surface area (Å²) in [5.74, 6) is -7.20. The number of ether oxygens (including phenoxy) is 3. The molecule has 7 nitrogen and oxygen atoms in total. The van der Waals surface area contributed by atoms with Crippen molar-refractivity contribution in [2.75, 3.05) is 39.2 Å². The van der Waals surface area contributed by atoms with Crippen LogP contribution in [-0.4, -0.2) is 50.7 Å². The molecule has 3 rings (SSSR count). The number of anilines is 1. The summed E-state index contributed by atoms with van der Waals surface area (Å²) in [7, 11) is 2.95. The predicted octanol–water partition coefficient (Wildman–Crippen LogP) is 3.75. The number of rotatable bonds is 8. The van der Waals surface area contributed by atoms with E-state index in [4.69, 9.17) is 14.2 Å². The topological polar surface area (TPSA) is 77.1 Å². The maximum atomic E-state index is 14.0. The van der Waals surface area contributed by atoms with E-state index in [1.54, 1.807) is 24.0 Å². The van der Waals surface area contributed by atoms with Gasteiger partial charge in [0, 0.05) is 18.7 Å². The highest BCUT2D eigenvalue weighted by atomic mass is 19.2. The molecule has 1 atom stereocenters. The van der Waals surface area contributed by atoms with Crippen LogP contribution < -0.4 is 14.8 Å². The number of methoxy groups -OCH3 is 2. The van der Waals surface area contributed by atoms with Crippen molar-refractivity contribution in [2.24, 2.45) is 0 Å². The van der Waals surface area contributed by atoms with Crippen molar-refractivity contribution in [1.29, 1.82) is 0 Å². The fourth-order valence-corrected chi connectivity index (χ4v) is 3.93. The van der Waals surface area contributed by atoms with Gasteiger partial charge in [-0.05, 0) is 36.6 Å². The van der Waals surface area contributed by atoms with Gasteiger partial charge in [0.25, 0.3) is 0 Å². The monoisotopic (exact) mass is 484 g/mol. The minimum Gasteiger partial charge on any atom is -0.493 e. The van der Waals surface area contributed by atoms with Crippen LogP contribution in [-0.2, 0) is 20.7 Å². The van der Waals surface area contributed by atoms with Gasteiger partial charge in [-0.15, -0.1) is 0 Å². The number of carbonyl (C=O) groups is 2. The van der Waals surface area contributed by atoms with Crippen molar-refractivity contribution in [1.82, 2.24) is 4.90 Å². The van der Waals surface area contributed by atoms with E-state index in [1.165, 1.54) is 14.2 Å². The van der Waals surface area contributed by atoms with Crippen molar-refractivity contribution >= 4 is 17.6 Å². The number of benzene rings is 2. The molecular formula is C23H24F4N2O5. The number of hydrogen-bond donors (Lipinski definition) is 1. The Morgan fingerprint density at radius 3 is 2.24 bits per heavy atom. The molecule has 1 N–H and O–H groups in total. The van der Waals surface area contributed by atoms with Gasteiger partial charge in [0.05, 0.1) is 33.8 Å². The van der Waals surface area contributed by atoms with E-state index in [1.807, 2.05) is 5.32 Å². The van der Waals surface area contributed by atoms with Gasteiger partial charge in [-0.1, -0.05) is 0 Å². The molecule has 0 saturated heterocycles. The van der Waals surface area contributed by atoms with E-state index in [0.29, 0.717) is 30.0 Å². The first-order valence-corrected chi connectivity index (χ1v) is 10.5. The molecule has 0 unspecified atom stereocenters. The molecule has 1 aliphatic rings. The third-order valence-corrected chi connectivity index (χ3v) is 5.50. The van der Waals surface area contributed by atoms with Crippen molar-refractivity contribution < 1.29 is 41.4 Å². The fraction of sp³-hybridized carbons (Fsp3) is 0.391. The van der Waals surface area contributed by atoms with Crippen LogP contribution in [0.25, 0.3) is 0 Å². The molecule has 0 aromatic heterocycles. The van der Waals surface area contributed by atoms with Crippen LogP contribution >= 0.6 is 0 Å². The highest BCUT2D eigenvalue weighted by molar-refractivity contribution is 5.92. The van der Waals surface area contributed by atoms with Crippen LogP contribution in [0.5, 0.6) is 11.5 Å². The van der Waals surface area contributed by atoms with Crippen LogP contribution in [0.15, 0.2) is 18.2 Å². The van der Waals surface area contributed by atoms with Gasteiger partial charge < -0.3 is 19.5 Å². The number of nitrogens with zero attached hydrogens (tertiary/aromatic N) is 1. The molecule has 2 aromatic carbocycles. The molecule has 0 fully saturated rings. The Morgan fingerprint density at radius 1 is 1.03 bits per heavy atom. The van der Waals surface area contributed by atoms with Crippen molar-refractivity contribution in [2.45, 2.75) is 25.8 Å². The van der Waals surface area contributed by atoms with Gasteiger partial charge >= 0.3 is 5.97 Å². The summed E-state index contributed by atoms with van der Waals surface area (Å²) in [4.78, 5) is 26.5. The second-order valence-corrected chi connectivity index (χ2v) is 7.54. The minimum atomic E-state index is -1.71. The first-order valence-electron chi connectivity index (χ1n) is 10.5. The molecular weight excluding hydrogens is 460 g/mol. The van der Waals surface area contributed by atoms with Crippen molar-refractivity contribution in [3.8, 4) is 11.5 Å². The largest absolute Gasteiger partial charge is 0.493 e. The molecule has 0 spiro atoms. The normalized spacial score (nSPS) is 15.4. The zero-order valence-electron chi connectivity index (χ0n) is 18.8. The zero-order chi connectivity index (χ0) is 25.0. The Balaban J connectivity index is 1.90. The molecule has 1 amide bonds. The summed E-state index contributed by atoms with van der Waals surface area (Å²) in [6.45, 7) is 1.72. The summed E-state index contributed by atoms with van der Waals surface area (Å²) in [6, 6.07) is 2.90. The average molecular weight is 484 g/mol. The lowest BCUT2D eigenvalue weighted by Crippen LogP contribution is -2.41. The molecule has 2 aromatic rings. The highest BCUT2D eigenvalue weighted by Gasteiger charge is 2.33. The van der Waals surface area contributed by atoms with Gasteiger partial charge in [-0.25, -0.2) is 17.6 Å². The number of esters is 1. The second kappa shape index (κ2) is 10.7. The number of carbonyl (C=O) groups excluding carboxylic acids is 2. The van der Waals surface area contributed by atoms with E-state index in [-0.39, 0.29) is 19.1 Å². The SMILES string of the molecule is CCOC(=O)C[C@@H]1c2cc(OC)c(OC)cc2CCN1CC(=O)Nc1c(F)c(F)cc(F)c1F. The standard InChI is InChI=1S/C23H24F4N2O5/c1-4-34-20(31)10-16-13-8-18(33-3)17(32-2)7-12(13)5-6-29(16)11-19(30)28-23-21(26)14(24)9-15(25)22(23)27/h7-9,16H,4-6,10-11H2,1-3H3,(H,28,30)/t16-/m1/s1. The van der Waals surface area contributed by atoms with Crippen LogP contribution in [0.4, 0.5) is 23.2 Å². The van der Waals surface area contributed by atoms with Crippen LogP contribution in [0, 0.1) is 23.3 Å². The van der Waals surface area contributed by atoms with Gasteiger partial charge in [0.15, 0.2) is 34.8 Å². The quantitative estimate of drug-likeness (QED) is 0.350. The van der Waals surface area contributed by atoms with Gasteiger partial charge in [0.2, 0.25) is 5.91 Å². The Morgan fingerprint density at radius 2 is 1.65 bits per heavy atom. The van der Waals surface area contributed by atoms with Gasteiger partial charge in [0.1, 0.15) is 5.69 Å². The van der Waals surface area contributed by atoms with E-state index in [2.05, 4.69) is 0 Å². The number of fused-ring (bicyclic) bond motifs is 1. The lowest BCUT2D eigenvalue weighted by molar-refractivity contribution is -0.145. The first-order chi connectivity index (χ1) is 16.2. The molecule has 0 aliphatic carbocycles. The van der Waals surface area contributed by atoms with E-state index in [0.717, 1.165) is 5.56 Å². The molecule has 1 aliphatic heterocycles. The Hall–Kier alpha value is -3.34. The van der Waals surface area contributed by atoms with Crippen LogP contribution in [0.1, 0.15) is 30.5 Å². The zero-order valence-corrected chi connectivity index (χ0v) is 18.8. The van der Waals surface area contributed by atoms with Gasteiger partial charge in [-0.2, -0.15) is 0 Å². The second-order valence-electron chi connectivity index (χ2n) is 7.54. The summed E-state index contributed by atoms with van der Waals surface area (Å²) >= 11 is 0. The van der Waals surface area contributed by atoms with E-state index >= 15 is 0 Å². The van der Waals surface area contributed by atoms with Crippen molar-refractivity contribution in [3.63, 3.8) is 0 Å². The third-order valence-electron chi connectivity index (χ3n) is 5.50. The van der Waals surface area contributed by atoms with Gasteiger partial charge in [-0.3, -0.25) is 14.5 Å². The molecule has 0 bridgehead atoms. The highest BCUT2D eigenvalue weighted by Crippen LogP contribution is 2.39. The fourth-order valence-electron chi connectivity index (χ4n) is 3.93. The molecule has 34 heavy (non-hydrogen) atoms. The summed E-state index contributed by atoms with van der Waals surface area (Å²) in [6.07, 6.45) is 0.362. The summed E-state index contributed by atoms with van der Waals surface area (Å²) in [5.41, 5.74) is 0.347. The molecule has 11 heteroatoms. The molecule has 184 valence electrons. The minimum absolute atomic E-state index is 0.0545. The predicted molar refractivity (Wildman–Crippen MR) is 114 cm³/mol.